The van der Waals surface area contributed by atoms with E-state index < -0.39 is 23.9 Å². The zero-order valence-electron chi connectivity index (χ0n) is 6.99. The first-order valence-corrected chi connectivity index (χ1v) is 3.62. The molecule has 0 radical (unpaired) electrons. The van der Waals surface area contributed by atoms with E-state index in [0.29, 0.717) is 12.1 Å². The third-order valence-corrected chi connectivity index (χ3v) is 1.43. The highest BCUT2D eigenvalue weighted by molar-refractivity contribution is 5.20. The summed E-state index contributed by atoms with van der Waals surface area (Å²) in [6, 6.07) is 3.18. The molecule has 1 nitrogen and oxygen atoms in total. The van der Waals surface area contributed by atoms with Crippen LogP contribution in [0.3, 0.4) is 0 Å². The first-order valence-electron chi connectivity index (χ1n) is 3.62. The predicted molar refractivity (Wildman–Crippen MR) is 37.4 cm³/mol. The summed E-state index contributed by atoms with van der Waals surface area (Å²) in [4.78, 5) is 0. The van der Waals surface area contributed by atoms with Gasteiger partial charge >= 0.3 is 12.5 Å². The van der Waals surface area contributed by atoms with E-state index in [2.05, 4.69) is 4.74 Å². The van der Waals surface area contributed by atoms with Crippen molar-refractivity contribution >= 4 is 0 Å². The van der Waals surface area contributed by atoms with Crippen molar-refractivity contribution in [3.8, 4) is 0 Å². The van der Waals surface area contributed by atoms with Gasteiger partial charge in [-0.3, -0.25) is 0 Å². The molecule has 0 fully saturated rings. The molecule has 1 aromatic carbocycles. The Morgan fingerprint density at radius 1 is 0.933 bits per heavy atom. The van der Waals surface area contributed by atoms with Crippen LogP contribution in [0.2, 0.25) is 0 Å². The van der Waals surface area contributed by atoms with Crippen LogP contribution in [0, 0.1) is 5.82 Å². The van der Waals surface area contributed by atoms with Crippen LogP contribution < -0.4 is 0 Å². The summed E-state index contributed by atoms with van der Waals surface area (Å²) in [7, 11) is 0. The van der Waals surface area contributed by atoms with Gasteiger partial charge < -0.3 is 0 Å². The average Bonchev–Trinajstić information content (AvgIpc) is 1.99. The number of hydrogen-bond donors (Lipinski definition) is 0. The number of rotatable bonds is 2. The Hall–Kier alpha value is -1.24. The molecule has 0 amide bonds. The van der Waals surface area contributed by atoms with Crippen LogP contribution in [-0.2, 0) is 10.8 Å². The summed E-state index contributed by atoms with van der Waals surface area (Å²) in [5, 5.41) is 0. The maximum Gasteiger partial charge on any atom is 0.527 e. The molecule has 1 aromatic rings. The molecule has 0 saturated heterocycles. The Balaban J connectivity index is 3.01. The molecular weight excluding hydrogens is 226 g/mol. The highest BCUT2D eigenvalue weighted by atomic mass is 19.4. The van der Waals surface area contributed by atoms with E-state index in [-0.39, 0.29) is 0 Å². The van der Waals surface area contributed by atoms with E-state index in [9.17, 15) is 26.3 Å². The lowest BCUT2D eigenvalue weighted by Gasteiger charge is -2.18. The normalized spacial score (nSPS) is 12.9. The molecule has 0 aliphatic carbocycles. The molecule has 0 heterocycles. The molecular formula is C8H4F6O. The minimum Gasteiger partial charge on any atom is -0.222 e. The third kappa shape index (κ3) is 3.12. The van der Waals surface area contributed by atoms with Crippen molar-refractivity contribution in [2.75, 3.05) is 0 Å². The second-order valence-electron chi connectivity index (χ2n) is 2.54. The van der Waals surface area contributed by atoms with Crippen molar-refractivity contribution in [1.82, 2.24) is 0 Å². The molecule has 7 heteroatoms. The topological polar surface area (TPSA) is 9.23 Å². The highest BCUT2D eigenvalue weighted by Gasteiger charge is 2.47. The Morgan fingerprint density at radius 2 is 1.47 bits per heavy atom. The minimum atomic E-state index is -5.54. The number of halogens is 6. The van der Waals surface area contributed by atoms with Gasteiger partial charge in [-0.2, -0.15) is 8.78 Å². The van der Waals surface area contributed by atoms with Crippen LogP contribution in [0.1, 0.15) is 5.56 Å². The second kappa shape index (κ2) is 3.73. The standard InChI is InChI=1S/C8H4F6O/c9-6-4-2-1-3-5(6)7(10,11)15-8(12,13)14/h1-4H. The Bertz CT molecular complexity index is 345. The number of hydrogen-bond acceptors (Lipinski definition) is 1. The summed E-state index contributed by atoms with van der Waals surface area (Å²) in [5.74, 6) is -1.47. The molecule has 0 N–H and O–H groups in total. The lowest BCUT2D eigenvalue weighted by Crippen LogP contribution is -2.28. The smallest absolute Gasteiger partial charge is 0.222 e. The maximum absolute atomic E-state index is 12.7. The van der Waals surface area contributed by atoms with Gasteiger partial charge in [-0.05, 0) is 12.1 Å². The summed E-state index contributed by atoms with van der Waals surface area (Å²) in [5.41, 5.74) is -1.46. The Morgan fingerprint density at radius 3 is 1.93 bits per heavy atom. The molecule has 15 heavy (non-hydrogen) atoms. The number of alkyl halides is 5. The van der Waals surface area contributed by atoms with E-state index in [1.54, 1.807) is 0 Å². The van der Waals surface area contributed by atoms with Gasteiger partial charge in [0, 0.05) is 0 Å². The van der Waals surface area contributed by atoms with Crippen LogP contribution >= 0.6 is 0 Å². The van der Waals surface area contributed by atoms with Gasteiger partial charge in [0.1, 0.15) is 5.82 Å². The molecule has 0 aliphatic rings. The van der Waals surface area contributed by atoms with Crippen LogP contribution in [0.25, 0.3) is 0 Å². The second-order valence-corrected chi connectivity index (χ2v) is 2.54. The van der Waals surface area contributed by atoms with E-state index >= 15 is 0 Å². The van der Waals surface area contributed by atoms with Gasteiger partial charge in [-0.25, -0.2) is 9.13 Å². The molecule has 0 aliphatic heterocycles. The van der Waals surface area contributed by atoms with Crippen molar-refractivity contribution in [2.45, 2.75) is 12.5 Å². The van der Waals surface area contributed by atoms with Gasteiger partial charge in [0.15, 0.2) is 0 Å². The predicted octanol–water partition coefficient (Wildman–Crippen LogP) is 3.41. The quantitative estimate of drug-likeness (QED) is 0.707. The highest BCUT2D eigenvalue weighted by Crippen LogP contribution is 2.37. The molecule has 0 bridgehead atoms. The zero-order chi connectivity index (χ0) is 11.7. The van der Waals surface area contributed by atoms with Crippen LogP contribution in [0.4, 0.5) is 26.3 Å². The first-order chi connectivity index (χ1) is 6.72. The lowest BCUT2D eigenvalue weighted by molar-refractivity contribution is -0.432. The van der Waals surface area contributed by atoms with E-state index in [1.165, 1.54) is 0 Å². The van der Waals surface area contributed by atoms with Crippen molar-refractivity contribution < 1.29 is 31.1 Å². The molecule has 0 saturated carbocycles. The number of ether oxygens (including phenoxy) is 1. The molecule has 0 unspecified atom stereocenters. The molecule has 84 valence electrons. The van der Waals surface area contributed by atoms with E-state index in [1.807, 2.05) is 0 Å². The first kappa shape index (κ1) is 11.8. The summed E-state index contributed by atoms with van der Waals surface area (Å²) in [6.45, 7) is 0. The number of benzene rings is 1. The monoisotopic (exact) mass is 230 g/mol. The van der Waals surface area contributed by atoms with Crippen LogP contribution in [0.5, 0.6) is 0 Å². The third-order valence-electron chi connectivity index (χ3n) is 1.43. The minimum absolute atomic E-state index is 0.515. The van der Waals surface area contributed by atoms with E-state index in [0.717, 1.165) is 12.1 Å². The molecule has 0 atom stereocenters. The summed E-state index contributed by atoms with van der Waals surface area (Å²) in [6.07, 6.45) is -10.3. The van der Waals surface area contributed by atoms with Crippen molar-refractivity contribution in [2.24, 2.45) is 0 Å². The van der Waals surface area contributed by atoms with Gasteiger partial charge in [-0.15, -0.1) is 13.2 Å². The van der Waals surface area contributed by atoms with Gasteiger partial charge in [0.05, 0.1) is 5.56 Å². The van der Waals surface area contributed by atoms with Crippen molar-refractivity contribution in [1.29, 1.82) is 0 Å². The van der Waals surface area contributed by atoms with Crippen LogP contribution in [-0.4, -0.2) is 6.36 Å². The Kier molecular flexibility index (Phi) is 2.94. The van der Waals surface area contributed by atoms with Gasteiger partial charge in [0.25, 0.3) is 0 Å². The van der Waals surface area contributed by atoms with E-state index in [4.69, 9.17) is 0 Å². The maximum atomic E-state index is 12.7. The van der Waals surface area contributed by atoms with Crippen LogP contribution in [0.15, 0.2) is 24.3 Å². The largest absolute Gasteiger partial charge is 0.527 e. The molecule has 1 rings (SSSR count). The fraction of sp³-hybridized carbons (Fsp3) is 0.250. The van der Waals surface area contributed by atoms with Crippen molar-refractivity contribution in [3.05, 3.63) is 35.6 Å². The average molecular weight is 230 g/mol. The zero-order valence-corrected chi connectivity index (χ0v) is 6.99. The van der Waals surface area contributed by atoms with Crippen molar-refractivity contribution in [3.63, 3.8) is 0 Å². The Labute approximate surface area is 80.3 Å². The molecule has 0 aromatic heterocycles. The summed E-state index contributed by atoms with van der Waals surface area (Å²) < 4.78 is 75.3. The SMILES string of the molecule is Fc1ccccc1C(F)(F)OC(F)(F)F. The summed E-state index contributed by atoms with van der Waals surface area (Å²) >= 11 is 0. The fourth-order valence-corrected chi connectivity index (χ4v) is 0.898. The fourth-order valence-electron chi connectivity index (χ4n) is 0.898. The lowest BCUT2D eigenvalue weighted by atomic mass is 10.2. The molecule has 0 spiro atoms. The van der Waals surface area contributed by atoms with Gasteiger partial charge in [0.2, 0.25) is 0 Å². The van der Waals surface area contributed by atoms with Gasteiger partial charge in [-0.1, -0.05) is 12.1 Å².